The highest BCUT2D eigenvalue weighted by molar-refractivity contribution is 9.10. The van der Waals surface area contributed by atoms with Crippen molar-refractivity contribution in [3.8, 4) is 0 Å². The fraction of sp³-hybridized carbons (Fsp3) is 0.385. The summed E-state index contributed by atoms with van der Waals surface area (Å²) in [7, 11) is 0. The fourth-order valence-corrected chi connectivity index (χ4v) is 2.74. The van der Waals surface area contributed by atoms with E-state index in [2.05, 4.69) is 47.7 Å². The van der Waals surface area contributed by atoms with Crippen molar-refractivity contribution in [3.63, 3.8) is 0 Å². The van der Waals surface area contributed by atoms with Crippen LogP contribution in [-0.2, 0) is 0 Å². The van der Waals surface area contributed by atoms with Crippen LogP contribution in [0, 0.1) is 6.92 Å². The van der Waals surface area contributed by atoms with Gasteiger partial charge in [-0.15, -0.1) is 0 Å². The minimum atomic E-state index is 0.463. The third-order valence-corrected chi connectivity index (χ3v) is 3.76. The smallest absolute Gasteiger partial charge is 0.0711 e. The lowest BCUT2D eigenvalue weighted by atomic mass is 10.3. The Labute approximate surface area is 115 Å². The average molecular weight is 307 g/mol. The van der Waals surface area contributed by atoms with Crippen molar-refractivity contribution in [3.05, 3.63) is 40.9 Å². The van der Waals surface area contributed by atoms with Gasteiger partial charge in [0, 0.05) is 36.9 Å². The first kappa shape index (κ1) is 11.7. The minimum Gasteiger partial charge on any atom is -0.369 e. The normalized spacial score (nSPS) is 19.4. The summed E-state index contributed by atoms with van der Waals surface area (Å²) in [6, 6.07) is 4.68. The number of rotatable bonds is 2. The highest BCUT2D eigenvalue weighted by Gasteiger charge is 2.24. The zero-order valence-electron chi connectivity index (χ0n) is 10.3. The maximum Gasteiger partial charge on any atom is 0.0711 e. The third-order valence-electron chi connectivity index (χ3n) is 3.35. The molecule has 1 aliphatic heterocycles. The van der Waals surface area contributed by atoms with Gasteiger partial charge >= 0.3 is 0 Å². The van der Waals surface area contributed by atoms with Crippen molar-refractivity contribution in [2.24, 2.45) is 0 Å². The molecular weight excluding hydrogens is 292 g/mol. The Kier molecular flexibility index (Phi) is 3.07. The number of hydrogen-bond donors (Lipinski definition) is 0. The number of halogens is 1. The number of anilines is 1. The minimum absolute atomic E-state index is 0.463. The van der Waals surface area contributed by atoms with E-state index in [9.17, 15) is 0 Å². The Balaban J connectivity index is 1.75. The molecule has 1 unspecified atom stereocenters. The molecule has 0 bridgehead atoms. The maximum absolute atomic E-state index is 4.37. The molecule has 0 saturated carbocycles. The van der Waals surface area contributed by atoms with Gasteiger partial charge in [-0.25, -0.2) is 0 Å². The molecule has 1 aliphatic rings. The summed E-state index contributed by atoms with van der Waals surface area (Å²) < 4.78 is 3.10. The van der Waals surface area contributed by atoms with Gasteiger partial charge in [0.2, 0.25) is 0 Å². The van der Waals surface area contributed by atoms with E-state index in [1.807, 2.05) is 25.5 Å². The molecule has 2 aromatic rings. The van der Waals surface area contributed by atoms with Gasteiger partial charge in [0.25, 0.3) is 0 Å². The fourth-order valence-electron chi connectivity index (χ4n) is 2.43. The first-order valence-electron chi connectivity index (χ1n) is 6.09. The zero-order chi connectivity index (χ0) is 12.5. The van der Waals surface area contributed by atoms with E-state index in [1.54, 1.807) is 0 Å². The molecule has 0 amide bonds. The molecule has 0 spiro atoms. The van der Waals surface area contributed by atoms with Crippen molar-refractivity contribution in [1.82, 2.24) is 14.8 Å². The van der Waals surface area contributed by atoms with Gasteiger partial charge in [-0.05, 0) is 41.4 Å². The molecule has 3 rings (SSSR count). The molecule has 4 nitrogen and oxygen atoms in total. The molecule has 0 N–H and O–H groups in total. The lowest BCUT2D eigenvalue weighted by Gasteiger charge is -2.18. The molecule has 0 radical (unpaired) electrons. The topological polar surface area (TPSA) is 34.0 Å². The molecule has 1 saturated heterocycles. The van der Waals surface area contributed by atoms with Crippen molar-refractivity contribution < 1.29 is 0 Å². The molecule has 1 fully saturated rings. The molecule has 2 aromatic heterocycles. The Morgan fingerprint density at radius 3 is 3.06 bits per heavy atom. The summed E-state index contributed by atoms with van der Waals surface area (Å²) in [5, 5.41) is 4.37. The summed E-state index contributed by atoms with van der Waals surface area (Å²) >= 11 is 3.44. The molecular formula is C13H15BrN4. The van der Waals surface area contributed by atoms with Crippen molar-refractivity contribution in [1.29, 1.82) is 0 Å². The molecule has 18 heavy (non-hydrogen) atoms. The summed E-state index contributed by atoms with van der Waals surface area (Å²) in [4.78, 5) is 6.64. The van der Waals surface area contributed by atoms with E-state index in [0.29, 0.717) is 6.04 Å². The van der Waals surface area contributed by atoms with Gasteiger partial charge in [-0.2, -0.15) is 5.10 Å². The van der Waals surface area contributed by atoms with Gasteiger partial charge in [-0.3, -0.25) is 9.67 Å². The number of hydrogen-bond acceptors (Lipinski definition) is 3. The van der Waals surface area contributed by atoms with E-state index in [1.165, 1.54) is 5.69 Å². The Morgan fingerprint density at radius 2 is 2.33 bits per heavy atom. The Hall–Kier alpha value is -1.36. The van der Waals surface area contributed by atoms with Gasteiger partial charge < -0.3 is 4.90 Å². The van der Waals surface area contributed by atoms with Crippen LogP contribution in [0.1, 0.15) is 18.2 Å². The molecule has 3 heterocycles. The summed E-state index contributed by atoms with van der Waals surface area (Å²) in [6.07, 6.45) is 6.91. The monoisotopic (exact) mass is 306 g/mol. The number of pyridine rings is 1. The van der Waals surface area contributed by atoms with Crippen LogP contribution in [0.2, 0.25) is 0 Å². The van der Waals surface area contributed by atoms with Crippen LogP contribution >= 0.6 is 15.9 Å². The van der Waals surface area contributed by atoms with Gasteiger partial charge in [0.1, 0.15) is 0 Å². The standard InChI is InChI=1S/C13H15BrN4/c1-10-6-12(2-4-15-10)17-5-3-13(9-17)18-8-11(14)7-16-18/h2,4,6-8,13H,3,5,9H2,1H3. The predicted molar refractivity (Wildman–Crippen MR) is 74.8 cm³/mol. The van der Waals surface area contributed by atoms with Gasteiger partial charge in [0.15, 0.2) is 0 Å². The van der Waals surface area contributed by atoms with Crippen LogP contribution in [-0.4, -0.2) is 27.9 Å². The largest absolute Gasteiger partial charge is 0.369 e. The number of nitrogens with zero attached hydrogens (tertiary/aromatic N) is 4. The lowest BCUT2D eigenvalue weighted by Crippen LogP contribution is -2.21. The van der Waals surface area contributed by atoms with E-state index >= 15 is 0 Å². The molecule has 0 aromatic carbocycles. The predicted octanol–water partition coefficient (Wildman–Crippen LogP) is 2.80. The summed E-state index contributed by atoms with van der Waals surface area (Å²) in [5.74, 6) is 0. The first-order valence-corrected chi connectivity index (χ1v) is 6.89. The first-order chi connectivity index (χ1) is 8.72. The zero-order valence-corrected chi connectivity index (χ0v) is 11.8. The molecule has 1 atom stereocenters. The summed E-state index contributed by atoms with van der Waals surface area (Å²) in [5.41, 5.74) is 2.33. The van der Waals surface area contributed by atoms with Crippen LogP contribution < -0.4 is 4.90 Å². The van der Waals surface area contributed by atoms with Gasteiger partial charge in [0.05, 0.1) is 16.7 Å². The number of aromatic nitrogens is 3. The van der Waals surface area contributed by atoms with Crippen LogP contribution in [0.25, 0.3) is 0 Å². The maximum atomic E-state index is 4.37. The Bertz CT molecular complexity index is 551. The second-order valence-corrected chi connectivity index (χ2v) is 5.60. The van der Waals surface area contributed by atoms with Crippen molar-refractivity contribution >= 4 is 21.6 Å². The van der Waals surface area contributed by atoms with Crippen LogP contribution in [0.3, 0.4) is 0 Å². The van der Waals surface area contributed by atoms with Crippen LogP contribution in [0.15, 0.2) is 35.2 Å². The molecule has 94 valence electrons. The van der Waals surface area contributed by atoms with Crippen LogP contribution in [0.4, 0.5) is 5.69 Å². The quantitative estimate of drug-likeness (QED) is 0.855. The van der Waals surface area contributed by atoms with Crippen molar-refractivity contribution in [2.45, 2.75) is 19.4 Å². The molecule has 5 heteroatoms. The lowest BCUT2D eigenvalue weighted by molar-refractivity contribution is 0.494. The van der Waals surface area contributed by atoms with Crippen LogP contribution in [0.5, 0.6) is 0 Å². The van der Waals surface area contributed by atoms with E-state index in [-0.39, 0.29) is 0 Å². The molecule has 0 aliphatic carbocycles. The summed E-state index contributed by atoms with van der Waals surface area (Å²) in [6.45, 7) is 4.12. The van der Waals surface area contributed by atoms with Crippen molar-refractivity contribution in [2.75, 3.05) is 18.0 Å². The highest BCUT2D eigenvalue weighted by atomic mass is 79.9. The SMILES string of the molecule is Cc1cc(N2CCC(n3cc(Br)cn3)C2)ccn1. The average Bonchev–Trinajstić information content (AvgIpc) is 2.97. The second kappa shape index (κ2) is 4.72. The van der Waals surface area contributed by atoms with E-state index in [4.69, 9.17) is 0 Å². The number of aryl methyl sites for hydroxylation is 1. The van der Waals surface area contributed by atoms with Gasteiger partial charge in [-0.1, -0.05) is 0 Å². The van der Waals surface area contributed by atoms with E-state index in [0.717, 1.165) is 29.7 Å². The van der Waals surface area contributed by atoms with E-state index < -0.39 is 0 Å². The second-order valence-electron chi connectivity index (χ2n) is 4.68. The third kappa shape index (κ3) is 2.27. The highest BCUT2D eigenvalue weighted by Crippen LogP contribution is 2.27. The Morgan fingerprint density at radius 1 is 1.44 bits per heavy atom.